The Morgan fingerprint density at radius 1 is 0.795 bits per heavy atom. The molecule has 0 bridgehead atoms. The summed E-state index contributed by atoms with van der Waals surface area (Å²) in [7, 11) is 0. The second-order valence-corrected chi connectivity index (χ2v) is 9.30. The van der Waals surface area contributed by atoms with Crippen molar-refractivity contribution >= 4 is 23.3 Å². The SMILES string of the molecule is CC[C@]1(C(O)C(=O)c2ccccc2)O[C@H](OC(C)=O)[C@@](O)(C(=O)c2ccccc2)[C@@]1(O)C(=O)c1ccccc1. The maximum Gasteiger partial charge on any atom is 0.305 e. The summed E-state index contributed by atoms with van der Waals surface area (Å²) >= 11 is 0. The molecule has 3 aromatic rings. The third-order valence-electron chi connectivity index (χ3n) is 7.12. The van der Waals surface area contributed by atoms with Crippen LogP contribution in [-0.2, 0) is 14.3 Å². The van der Waals surface area contributed by atoms with Gasteiger partial charge in [-0.2, -0.15) is 0 Å². The first-order valence-electron chi connectivity index (χ1n) is 12.3. The first-order chi connectivity index (χ1) is 18.5. The molecule has 3 aromatic carbocycles. The lowest BCUT2D eigenvalue weighted by atomic mass is 9.63. The number of aliphatic hydroxyl groups excluding tert-OH is 1. The molecule has 1 saturated heterocycles. The van der Waals surface area contributed by atoms with Gasteiger partial charge in [-0.05, 0) is 6.42 Å². The lowest BCUT2D eigenvalue weighted by molar-refractivity contribution is -0.218. The number of ether oxygens (including phenoxy) is 2. The average Bonchev–Trinajstić information content (AvgIpc) is 3.17. The molecule has 0 saturated carbocycles. The fourth-order valence-electron chi connectivity index (χ4n) is 5.13. The number of ketones is 3. The minimum atomic E-state index is -3.31. The number of esters is 1. The molecule has 9 nitrogen and oxygen atoms in total. The van der Waals surface area contributed by atoms with Gasteiger partial charge in [0, 0.05) is 23.6 Å². The Balaban J connectivity index is 2.02. The summed E-state index contributed by atoms with van der Waals surface area (Å²) < 4.78 is 11.1. The number of hydrogen-bond donors (Lipinski definition) is 3. The lowest BCUT2D eigenvalue weighted by Gasteiger charge is -2.45. The van der Waals surface area contributed by atoms with Crippen LogP contribution in [0.25, 0.3) is 0 Å². The molecule has 202 valence electrons. The number of aliphatic hydroxyl groups is 3. The van der Waals surface area contributed by atoms with Crippen LogP contribution in [0.3, 0.4) is 0 Å². The van der Waals surface area contributed by atoms with Crippen molar-refractivity contribution in [3.63, 3.8) is 0 Å². The smallest absolute Gasteiger partial charge is 0.305 e. The molecule has 9 heteroatoms. The summed E-state index contributed by atoms with van der Waals surface area (Å²) in [5.41, 5.74) is -9.50. The molecule has 1 aliphatic heterocycles. The Hall–Kier alpha value is -4.02. The van der Waals surface area contributed by atoms with Crippen LogP contribution in [0.1, 0.15) is 51.3 Å². The van der Waals surface area contributed by atoms with Gasteiger partial charge in [-0.25, -0.2) is 0 Å². The molecular weight excluding hydrogens is 504 g/mol. The molecule has 1 aliphatic rings. The largest absolute Gasteiger partial charge is 0.432 e. The maximum absolute atomic E-state index is 14.2. The van der Waals surface area contributed by atoms with Crippen molar-refractivity contribution in [2.24, 2.45) is 0 Å². The Bertz CT molecular complexity index is 1380. The number of hydrogen-bond acceptors (Lipinski definition) is 9. The summed E-state index contributed by atoms with van der Waals surface area (Å²) in [6, 6.07) is 22.1. The van der Waals surface area contributed by atoms with Gasteiger partial charge in [-0.15, -0.1) is 0 Å². The first kappa shape index (κ1) is 28.0. The fourth-order valence-corrected chi connectivity index (χ4v) is 5.13. The van der Waals surface area contributed by atoms with Crippen LogP contribution in [-0.4, -0.2) is 67.8 Å². The minimum absolute atomic E-state index is 0.0183. The normalized spacial score (nSPS) is 26.9. The molecule has 1 unspecified atom stereocenters. The number of rotatable bonds is 9. The van der Waals surface area contributed by atoms with Crippen LogP contribution in [0.4, 0.5) is 0 Å². The Morgan fingerprint density at radius 3 is 1.67 bits per heavy atom. The van der Waals surface area contributed by atoms with Crippen molar-refractivity contribution in [2.75, 3.05) is 0 Å². The molecule has 0 spiro atoms. The quantitative estimate of drug-likeness (QED) is 0.279. The van der Waals surface area contributed by atoms with Crippen LogP contribution in [0.5, 0.6) is 0 Å². The zero-order chi connectivity index (χ0) is 28.4. The van der Waals surface area contributed by atoms with E-state index in [1.54, 1.807) is 30.3 Å². The molecule has 0 aromatic heterocycles. The summed E-state index contributed by atoms with van der Waals surface area (Å²) in [5.74, 6) is -4.39. The van der Waals surface area contributed by atoms with E-state index in [1.165, 1.54) is 67.6 Å². The van der Waals surface area contributed by atoms with E-state index in [9.17, 15) is 34.5 Å². The molecular formula is C30H28O9. The highest BCUT2D eigenvalue weighted by Gasteiger charge is 2.82. The zero-order valence-corrected chi connectivity index (χ0v) is 21.3. The predicted octanol–water partition coefficient (Wildman–Crippen LogP) is 2.53. The highest BCUT2D eigenvalue weighted by molar-refractivity contribution is 6.14. The Labute approximate surface area is 224 Å². The number of benzene rings is 3. The van der Waals surface area contributed by atoms with Gasteiger partial charge in [0.2, 0.25) is 29.1 Å². The van der Waals surface area contributed by atoms with Crippen molar-refractivity contribution in [2.45, 2.75) is 49.5 Å². The second-order valence-electron chi connectivity index (χ2n) is 9.30. The standard InChI is InChI=1S/C30H28O9/c1-3-28(26(35)23(32)20-13-7-4-8-14-20)30(37,25(34)22-17-11-6-12-18-22)29(36,27(39-28)38-19(2)31)24(33)21-15-9-5-10-16-21/h4-18,26-27,35-37H,3H2,1-2H3/t26?,27-,28+,29-,30+/m0/s1. The van der Waals surface area contributed by atoms with Gasteiger partial charge in [-0.1, -0.05) is 97.9 Å². The summed E-state index contributed by atoms with van der Waals surface area (Å²) in [4.78, 5) is 53.8. The lowest BCUT2D eigenvalue weighted by Crippen LogP contribution is -2.74. The summed E-state index contributed by atoms with van der Waals surface area (Å²) in [6.07, 6.45) is -5.00. The zero-order valence-electron chi connectivity index (χ0n) is 21.3. The first-order valence-corrected chi connectivity index (χ1v) is 12.3. The van der Waals surface area contributed by atoms with Crippen molar-refractivity contribution in [1.82, 2.24) is 0 Å². The van der Waals surface area contributed by atoms with E-state index in [2.05, 4.69) is 0 Å². The average molecular weight is 533 g/mol. The van der Waals surface area contributed by atoms with E-state index in [-0.39, 0.29) is 16.7 Å². The third-order valence-corrected chi connectivity index (χ3v) is 7.12. The van der Waals surface area contributed by atoms with Crippen LogP contribution in [0.2, 0.25) is 0 Å². The van der Waals surface area contributed by atoms with Crippen LogP contribution >= 0.6 is 0 Å². The molecule has 39 heavy (non-hydrogen) atoms. The highest BCUT2D eigenvalue weighted by Crippen LogP contribution is 2.54. The third kappa shape index (κ3) is 4.29. The molecule has 4 rings (SSSR count). The van der Waals surface area contributed by atoms with E-state index in [0.29, 0.717) is 0 Å². The number of carbonyl (C=O) groups is 4. The van der Waals surface area contributed by atoms with Crippen LogP contribution < -0.4 is 0 Å². The molecule has 0 aliphatic carbocycles. The molecule has 5 atom stereocenters. The second kappa shape index (κ2) is 10.6. The van der Waals surface area contributed by atoms with Gasteiger partial charge in [0.05, 0.1) is 0 Å². The van der Waals surface area contributed by atoms with Gasteiger partial charge in [-0.3, -0.25) is 19.2 Å². The van der Waals surface area contributed by atoms with Gasteiger partial charge in [0.25, 0.3) is 0 Å². The number of Topliss-reactive ketones (excluding diaryl/α,β-unsaturated/α-hetero) is 3. The van der Waals surface area contributed by atoms with Crippen molar-refractivity contribution in [1.29, 1.82) is 0 Å². The monoisotopic (exact) mass is 532 g/mol. The minimum Gasteiger partial charge on any atom is -0.432 e. The maximum atomic E-state index is 14.2. The van der Waals surface area contributed by atoms with Crippen molar-refractivity contribution in [3.8, 4) is 0 Å². The van der Waals surface area contributed by atoms with Gasteiger partial charge in [0.1, 0.15) is 11.7 Å². The topological polar surface area (TPSA) is 147 Å². The van der Waals surface area contributed by atoms with E-state index in [1.807, 2.05) is 0 Å². The fraction of sp³-hybridized carbons (Fsp3) is 0.267. The molecule has 0 amide bonds. The molecule has 0 radical (unpaired) electrons. The van der Waals surface area contributed by atoms with Gasteiger partial charge >= 0.3 is 5.97 Å². The van der Waals surface area contributed by atoms with E-state index >= 15 is 0 Å². The molecule has 1 heterocycles. The van der Waals surface area contributed by atoms with Gasteiger partial charge in [0.15, 0.2) is 5.78 Å². The predicted molar refractivity (Wildman–Crippen MR) is 138 cm³/mol. The van der Waals surface area contributed by atoms with Crippen molar-refractivity contribution < 1.29 is 44.0 Å². The van der Waals surface area contributed by atoms with E-state index in [0.717, 1.165) is 6.92 Å². The number of carbonyl (C=O) groups excluding carboxylic acids is 4. The van der Waals surface area contributed by atoms with Crippen LogP contribution in [0.15, 0.2) is 91.0 Å². The highest BCUT2D eigenvalue weighted by atomic mass is 16.7. The van der Waals surface area contributed by atoms with Crippen LogP contribution in [0, 0.1) is 0 Å². The Morgan fingerprint density at radius 2 is 1.23 bits per heavy atom. The summed E-state index contributed by atoms with van der Waals surface area (Å²) in [5, 5.41) is 36.2. The van der Waals surface area contributed by atoms with Crippen molar-refractivity contribution in [3.05, 3.63) is 108 Å². The van der Waals surface area contributed by atoms with E-state index < -0.39 is 58.9 Å². The summed E-state index contributed by atoms with van der Waals surface area (Å²) in [6.45, 7) is 2.38. The molecule has 1 fully saturated rings. The van der Waals surface area contributed by atoms with E-state index in [4.69, 9.17) is 9.47 Å². The Kier molecular flexibility index (Phi) is 7.63. The van der Waals surface area contributed by atoms with Gasteiger partial charge < -0.3 is 24.8 Å². The molecule has 3 N–H and O–H groups in total.